The highest BCUT2D eigenvalue weighted by Gasteiger charge is 2.08. The largest absolute Gasteiger partial charge is 0.357 e. The van der Waals surface area contributed by atoms with E-state index in [9.17, 15) is 0 Å². The van der Waals surface area contributed by atoms with Crippen molar-refractivity contribution in [2.24, 2.45) is 4.99 Å². The number of hydrogen-bond donors (Lipinski definition) is 2. The van der Waals surface area contributed by atoms with Crippen LogP contribution in [0.4, 0.5) is 0 Å². The summed E-state index contributed by atoms with van der Waals surface area (Å²) in [6.07, 6.45) is 1.96. The van der Waals surface area contributed by atoms with Gasteiger partial charge in [-0.2, -0.15) is 11.3 Å². The molecule has 0 saturated heterocycles. The normalized spacial score (nSPS) is 12.6. The topological polar surface area (TPSA) is 66.6 Å². The van der Waals surface area contributed by atoms with Gasteiger partial charge >= 0.3 is 0 Å². The second-order valence-corrected chi connectivity index (χ2v) is 6.36. The molecule has 0 aliphatic heterocycles. The molecule has 6 nitrogen and oxygen atoms in total. The monoisotopic (exact) mass is 470 g/mol. The minimum atomic E-state index is 0. The second-order valence-electron chi connectivity index (χ2n) is 5.58. The number of fused-ring (bicyclic) bond motifs is 1. The number of guanidine groups is 1. The van der Waals surface area contributed by atoms with E-state index < -0.39 is 0 Å². The number of halogens is 1. The molecular weight excluding hydrogens is 447 g/mol. The molecule has 1 unspecified atom stereocenters. The zero-order valence-corrected chi connectivity index (χ0v) is 17.5. The lowest BCUT2D eigenvalue weighted by molar-refractivity contribution is 0.700. The summed E-state index contributed by atoms with van der Waals surface area (Å²) in [5.41, 5.74) is 2.19. The molecule has 0 spiro atoms. The van der Waals surface area contributed by atoms with Gasteiger partial charge in [0.15, 0.2) is 17.4 Å². The number of thiophene rings is 1. The molecule has 3 rings (SSSR count). The molecule has 2 N–H and O–H groups in total. The van der Waals surface area contributed by atoms with Gasteiger partial charge in [0.1, 0.15) is 6.54 Å². The number of aliphatic imine (C=N–C) groups is 1. The third kappa shape index (κ3) is 5.15. The Labute approximate surface area is 168 Å². The van der Waals surface area contributed by atoms with Crippen molar-refractivity contribution in [2.75, 3.05) is 13.1 Å². The van der Waals surface area contributed by atoms with Crippen molar-refractivity contribution < 1.29 is 0 Å². The standard InChI is InChI=1S/C17H22N6S.HI/c1-3-18-17(19-10-13(2)14-7-9-24-12-14)20-11-16-22-21-15-6-4-5-8-23(15)16;/h4-9,12-13H,3,10-11H2,1-2H3,(H2,18,19,20);1H. The molecule has 1 atom stereocenters. The van der Waals surface area contributed by atoms with Crippen LogP contribution in [0.1, 0.15) is 31.2 Å². The van der Waals surface area contributed by atoms with Gasteiger partial charge in [-0.1, -0.05) is 13.0 Å². The molecule has 3 heterocycles. The average molecular weight is 470 g/mol. The molecular formula is C17H23IN6S. The zero-order chi connectivity index (χ0) is 16.8. The summed E-state index contributed by atoms with van der Waals surface area (Å²) in [7, 11) is 0. The zero-order valence-electron chi connectivity index (χ0n) is 14.3. The Kier molecular flexibility index (Phi) is 7.63. The smallest absolute Gasteiger partial charge is 0.191 e. The SMILES string of the molecule is CCNC(=NCc1nnc2ccccn12)NCC(C)c1ccsc1.I. The average Bonchev–Trinajstić information content (AvgIpc) is 3.27. The maximum absolute atomic E-state index is 4.63. The number of nitrogens with one attached hydrogen (secondary N) is 2. The highest BCUT2D eigenvalue weighted by molar-refractivity contribution is 14.0. The predicted octanol–water partition coefficient (Wildman–Crippen LogP) is 3.27. The number of hydrogen-bond acceptors (Lipinski definition) is 4. The van der Waals surface area contributed by atoms with Crippen molar-refractivity contribution in [2.45, 2.75) is 26.3 Å². The van der Waals surface area contributed by atoms with E-state index in [4.69, 9.17) is 0 Å². The third-order valence-electron chi connectivity index (χ3n) is 3.80. The Morgan fingerprint density at radius 2 is 2.16 bits per heavy atom. The van der Waals surface area contributed by atoms with Crippen molar-refractivity contribution in [3.05, 3.63) is 52.6 Å². The van der Waals surface area contributed by atoms with Crippen LogP contribution in [0.15, 0.2) is 46.2 Å². The first-order chi connectivity index (χ1) is 11.8. The molecule has 0 saturated carbocycles. The van der Waals surface area contributed by atoms with Crippen molar-refractivity contribution >= 4 is 46.9 Å². The number of aromatic nitrogens is 3. The van der Waals surface area contributed by atoms with Gasteiger partial charge in [-0.05, 0) is 47.4 Å². The van der Waals surface area contributed by atoms with Crippen molar-refractivity contribution in [1.82, 2.24) is 25.2 Å². The fourth-order valence-electron chi connectivity index (χ4n) is 2.41. The van der Waals surface area contributed by atoms with E-state index >= 15 is 0 Å². The Hall–Kier alpha value is -1.68. The summed E-state index contributed by atoms with van der Waals surface area (Å²) in [5.74, 6) is 2.06. The van der Waals surface area contributed by atoms with Crippen molar-refractivity contribution in [1.29, 1.82) is 0 Å². The van der Waals surface area contributed by atoms with Gasteiger partial charge in [-0.3, -0.25) is 4.40 Å². The van der Waals surface area contributed by atoms with Crippen LogP contribution in [0.3, 0.4) is 0 Å². The van der Waals surface area contributed by atoms with Crippen LogP contribution in [-0.4, -0.2) is 33.6 Å². The van der Waals surface area contributed by atoms with Crippen LogP contribution >= 0.6 is 35.3 Å². The third-order valence-corrected chi connectivity index (χ3v) is 4.50. The molecule has 134 valence electrons. The molecule has 0 bridgehead atoms. The van der Waals surface area contributed by atoms with Crippen molar-refractivity contribution in [3.8, 4) is 0 Å². The fraction of sp³-hybridized carbons (Fsp3) is 0.353. The lowest BCUT2D eigenvalue weighted by atomic mass is 10.1. The number of nitrogens with zero attached hydrogens (tertiary/aromatic N) is 4. The summed E-state index contributed by atoms with van der Waals surface area (Å²) in [6, 6.07) is 8.03. The Morgan fingerprint density at radius 3 is 2.92 bits per heavy atom. The summed E-state index contributed by atoms with van der Waals surface area (Å²) in [5, 5.41) is 19.4. The van der Waals surface area contributed by atoms with Gasteiger partial charge in [0.25, 0.3) is 0 Å². The van der Waals surface area contributed by atoms with E-state index in [0.29, 0.717) is 12.5 Å². The molecule has 0 aliphatic carbocycles. The first kappa shape index (κ1) is 19.6. The molecule has 3 aromatic rings. The number of pyridine rings is 1. The van der Waals surface area contributed by atoms with E-state index in [1.807, 2.05) is 28.8 Å². The Morgan fingerprint density at radius 1 is 1.28 bits per heavy atom. The van der Waals surface area contributed by atoms with E-state index in [1.165, 1.54) is 5.56 Å². The second kappa shape index (κ2) is 9.71. The minimum Gasteiger partial charge on any atom is -0.357 e. The van der Waals surface area contributed by atoms with Crippen LogP contribution < -0.4 is 10.6 Å². The van der Waals surface area contributed by atoms with Crippen LogP contribution in [-0.2, 0) is 6.54 Å². The fourth-order valence-corrected chi connectivity index (χ4v) is 3.20. The lowest BCUT2D eigenvalue weighted by Crippen LogP contribution is -2.39. The van der Waals surface area contributed by atoms with Crippen LogP contribution in [0.25, 0.3) is 5.65 Å². The van der Waals surface area contributed by atoms with E-state index in [-0.39, 0.29) is 24.0 Å². The highest BCUT2D eigenvalue weighted by atomic mass is 127. The van der Waals surface area contributed by atoms with Gasteiger partial charge in [0, 0.05) is 19.3 Å². The van der Waals surface area contributed by atoms with E-state index in [0.717, 1.165) is 30.5 Å². The van der Waals surface area contributed by atoms with Crippen LogP contribution in [0, 0.1) is 0 Å². The molecule has 0 amide bonds. The van der Waals surface area contributed by atoms with Crippen LogP contribution in [0.5, 0.6) is 0 Å². The molecule has 0 aromatic carbocycles. The first-order valence-corrected chi connectivity index (χ1v) is 9.05. The quantitative estimate of drug-likeness (QED) is 0.330. The van der Waals surface area contributed by atoms with E-state index in [1.54, 1.807) is 11.3 Å². The van der Waals surface area contributed by atoms with Gasteiger partial charge in [-0.25, -0.2) is 4.99 Å². The Bertz CT molecular complexity index is 798. The molecule has 0 aliphatic rings. The highest BCUT2D eigenvalue weighted by Crippen LogP contribution is 2.17. The van der Waals surface area contributed by atoms with Gasteiger partial charge in [-0.15, -0.1) is 34.2 Å². The van der Waals surface area contributed by atoms with E-state index in [2.05, 4.69) is 56.5 Å². The summed E-state index contributed by atoms with van der Waals surface area (Å²) in [6.45, 7) is 6.41. The molecule has 0 radical (unpaired) electrons. The minimum absolute atomic E-state index is 0. The summed E-state index contributed by atoms with van der Waals surface area (Å²) >= 11 is 1.73. The first-order valence-electron chi connectivity index (χ1n) is 8.11. The molecule has 0 fully saturated rings. The van der Waals surface area contributed by atoms with Gasteiger partial charge in [0.05, 0.1) is 0 Å². The maximum Gasteiger partial charge on any atom is 0.191 e. The van der Waals surface area contributed by atoms with Gasteiger partial charge < -0.3 is 10.6 Å². The van der Waals surface area contributed by atoms with Gasteiger partial charge in [0.2, 0.25) is 0 Å². The molecule has 8 heteroatoms. The van der Waals surface area contributed by atoms with Crippen LogP contribution in [0.2, 0.25) is 0 Å². The molecule has 3 aromatic heterocycles. The number of rotatable bonds is 6. The lowest BCUT2D eigenvalue weighted by Gasteiger charge is -2.15. The van der Waals surface area contributed by atoms with Crippen molar-refractivity contribution in [3.63, 3.8) is 0 Å². The maximum atomic E-state index is 4.63. The predicted molar refractivity (Wildman–Crippen MR) is 114 cm³/mol. The Balaban J connectivity index is 0.00000225. The molecule has 25 heavy (non-hydrogen) atoms. The summed E-state index contributed by atoms with van der Waals surface area (Å²) < 4.78 is 1.96. The summed E-state index contributed by atoms with van der Waals surface area (Å²) in [4.78, 5) is 4.63.